The summed E-state index contributed by atoms with van der Waals surface area (Å²) in [5.41, 5.74) is 2.01. The second-order valence-corrected chi connectivity index (χ2v) is 7.28. The largest absolute Gasteiger partial charge is 0.484 e. The zero-order chi connectivity index (χ0) is 22.3. The highest BCUT2D eigenvalue weighted by molar-refractivity contribution is 5.98. The Hall–Kier alpha value is -3.03. The molecule has 5 nitrogen and oxygen atoms in total. The van der Waals surface area contributed by atoms with E-state index in [1.807, 2.05) is 32.9 Å². The van der Waals surface area contributed by atoms with Crippen molar-refractivity contribution in [1.82, 2.24) is 10.6 Å². The Morgan fingerprint density at radius 2 is 1.67 bits per heavy atom. The monoisotopic (exact) mass is 422 g/mol. The number of carbonyl (C=O) groups is 2. The van der Waals surface area contributed by atoms with E-state index in [2.05, 4.69) is 15.4 Å². The summed E-state index contributed by atoms with van der Waals surface area (Å²) in [5, 5.41) is 5.53. The number of hydrogen-bond acceptors (Lipinski definition) is 3. The lowest BCUT2D eigenvalue weighted by Crippen LogP contribution is -2.49. The van der Waals surface area contributed by atoms with E-state index in [0.717, 1.165) is 5.56 Å². The molecule has 0 bridgehead atoms. The number of nitrogens with one attached hydrogen (secondary N) is 2. The first kappa shape index (κ1) is 23.3. The Balaban J connectivity index is 1.94. The maximum Gasteiger partial charge on any atom is 0.422 e. The molecule has 1 atom stereocenters. The molecule has 2 aromatic carbocycles. The van der Waals surface area contributed by atoms with Crippen LogP contribution >= 0.6 is 0 Å². The average molecular weight is 422 g/mol. The summed E-state index contributed by atoms with van der Waals surface area (Å²) in [6.45, 7) is 4.29. The van der Waals surface area contributed by atoms with Gasteiger partial charge < -0.3 is 15.4 Å². The molecular formula is C22H25F3N2O3. The smallest absolute Gasteiger partial charge is 0.422 e. The third-order valence-electron chi connectivity index (χ3n) is 4.42. The van der Waals surface area contributed by atoms with Crippen LogP contribution in [0.5, 0.6) is 5.75 Å². The summed E-state index contributed by atoms with van der Waals surface area (Å²) in [5.74, 6) is -0.721. The number of rotatable bonds is 8. The number of benzene rings is 2. The average Bonchev–Trinajstić information content (AvgIpc) is 2.68. The Labute approximate surface area is 173 Å². The molecule has 0 heterocycles. The summed E-state index contributed by atoms with van der Waals surface area (Å²) in [4.78, 5) is 25.2. The molecule has 0 fully saturated rings. The summed E-state index contributed by atoms with van der Waals surface area (Å²) in [6, 6.07) is 12.3. The Kier molecular flexibility index (Phi) is 7.86. The van der Waals surface area contributed by atoms with Gasteiger partial charge >= 0.3 is 6.18 Å². The van der Waals surface area contributed by atoms with Gasteiger partial charge in [0.05, 0.1) is 0 Å². The molecule has 30 heavy (non-hydrogen) atoms. The quantitative estimate of drug-likeness (QED) is 0.676. The molecule has 2 rings (SSSR count). The first-order valence-electron chi connectivity index (χ1n) is 9.49. The van der Waals surface area contributed by atoms with Gasteiger partial charge in [0.2, 0.25) is 5.91 Å². The van der Waals surface area contributed by atoms with Gasteiger partial charge in [-0.15, -0.1) is 0 Å². The third kappa shape index (κ3) is 7.09. The second-order valence-electron chi connectivity index (χ2n) is 7.28. The molecule has 2 aromatic rings. The van der Waals surface area contributed by atoms with Crippen molar-refractivity contribution in [2.75, 3.05) is 6.61 Å². The molecule has 8 heteroatoms. The molecule has 162 valence electrons. The maximum atomic E-state index is 12.6. The van der Waals surface area contributed by atoms with Gasteiger partial charge in [-0.2, -0.15) is 13.2 Å². The zero-order valence-electron chi connectivity index (χ0n) is 17.0. The normalized spacial score (nSPS) is 12.4. The highest BCUT2D eigenvalue weighted by Crippen LogP contribution is 2.19. The van der Waals surface area contributed by atoms with Crippen molar-refractivity contribution < 1.29 is 27.5 Å². The van der Waals surface area contributed by atoms with E-state index in [9.17, 15) is 22.8 Å². The predicted molar refractivity (Wildman–Crippen MR) is 107 cm³/mol. The molecule has 2 N–H and O–H groups in total. The third-order valence-corrected chi connectivity index (χ3v) is 4.42. The number of alkyl halides is 3. The maximum absolute atomic E-state index is 12.6. The number of amides is 2. The minimum atomic E-state index is -4.40. The molecule has 0 radical (unpaired) electrons. The van der Waals surface area contributed by atoms with E-state index >= 15 is 0 Å². The van der Waals surface area contributed by atoms with Crippen molar-refractivity contribution in [1.29, 1.82) is 0 Å². The zero-order valence-corrected chi connectivity index (χ0v) is 17.0. The SMILES string of the molecule is Cc1ccccc1C(=O)NC(C(=O)NCc1ccc(OCC(F)(F)F)cc1)C(C)C. The van der Waals surface area contributed by atoms with Crippen LogP contribution in [0.1, 0.15) is 35.3 Å². The van der Waals surface area contributed by atoms with Crippen LogP contribution in [0.4, 0.5) is 13.2 Å². The molecule has 0 saturated carbocycles. The van der Waals surface area contributed by atoms with Gasteiger partial charge in [0.25, 0.3) is 5.91 Å². The Morgan fingerprint density at radius 1 is 1.03 bits per heavy atom. The fourth-order valence-corrected chi connectivity index (χ4v) is 2.75. The van der Waals surface area contributed by atoms with Crippen LogP contribution in [0, 0.1) is 12.8 Å². The fourth-order valence-electron chi connectivity index (χ4n) is 2.75. The number of carbonyl (C=O) groups excluding carboxylic acids is 2. The fraction of sp³-hybridized carbons (Fsp3) is 0.364. The minimum absolute atomic E-state index is 0.0907. The molecule has 0 saturated heterocycles. The van der Waals surface area contributed by atoms with Crippen molar-refractivity contribution in [2.24, 2.45) is 5.92 Å². The molecule has 0 spiro atoms. The lowest BCUT2D eigenvalue weighted by molar-refractivity contribution is -0.153. The van der Waals surface area contributed by atoms with Crippen LogP contribution in [-0.4, -0.2) is 30.6 Å². The van der Waals surface area contributed by atoms with Crippen molar-refractivity contribution in [2.45, 2.75) is 39.5 Å². The van der Waals surface area contributed by atoms with E-state index in [1.54, 1.807) is 24.3 Å². The van der Waals surface area contributed by atoms with E-state index in [4.69, 9.17) is 0 Å². The van der Waals surface area contributed by atoms with Gasteiger partial charge in [-0.25, -0.2) is 0 Å². The summed E-state index contributed by atoms with van der Waals surface area (Å²) < 4.78 is 41.2. The first-order chi connectivity index (χ1) is 14.1. The van der Waals surface area contributed by atoms with Crippen LogP contribution in [0.2, 0.25) is 0 Å². The molecule has 1 unspecified atom stereocenters. The van der Waals surface area contributed by atoms with E-state index in [0.29, 0.717) is 11.1 Å². The minimum Gasteiger partial charge on any atom is -0.484 e. The van der Waals surface area contributed by atoms with E-state index < -0.39 is 18.8 Å². The summed E-state index contributed by atoms with van der Waals surface area (Å²) >= 11 is 0. The van der Waals surface area contributed by atoms with Gasteiger partial charge in [-0.05, 0) is 42.2 Å². The number of halogens is 3. The van der Waals surface area contributed by atoms with Crippen LogP contribution in [0.3, 0.4) is 0 Å². The van der Waals surface area contributed by atoms with Crippen molar-refractivity contribution in [3.8, 4) is 5.75 Å². The standard InChI is InChI=1S/C22H25F3N2O3/c1-14(2)19(27-20(28)18-7-5-4-6-15(18)3)21(29)26-12-16-8-10-17(11-9-16)30-13-22(23,24)25/h4-11,14,19H,12-13H2,1-3H3,(H,26,29)(H,27,28). The lowest BCUT2D eigenvalue weighted by atomic mass is 10.0. The first-order valence-corrected chi connectivity index (χ1v) is 9.49. The highest BCUT2D eigenvalue weighted by atomic mass is 19.4. The Bertz CT molecular complexity index is 865. The number of aryl methyl sites for hydroxylation is 1. The second kappa shape index (κ2) is 10.1. The predicted octanol–water partition coefficient (Wildman–Crippen LogP) is 4.01. The molecule has 0 aromatic heterocycles. The van der Waals surface area contributed by atoms with Gasteiger partial charge in [-0.1, -0.05) is 44.2 Å². The Morgan fingerprint density at radius 3 is 2.23 bits per heavy atom. The number of hydrogen-bond donors (Lipinski definition) is 2. The lowest BCUT2D eigenvalue weighted by Gasteiger charge is -2.22. The summed E-state index contributed by atoms with van der Waals surface area (Å²) in [7, 11) is 0. The van der Waals surface area contributed by atoms with Crippen LogP contribution < -0.4 is 15.4 Å². The molecular weight excluding hydrogens is 397 g/mol. The topological polar surface area (TPSA) is 67.4 Å². The van der Waals surface area contributed by atoms with Gasteiger partial charge in [0, 0.05) is 12.1 Å². The van der Waals surface area contributed by atoms with E-state index in [1.165, 1.54) is 12.1 Å². The van der Waals surface area contributed by atoms with Crippen LogP contribution in [-0.2, 0) is 11.3 Å². The van der Waals surface area contributed by atoms with Crippen molar-refractivity contribution in [3.63, 3.8) is 0 Å². The molecule has 2 amide bonds. The molecule has 0 aliphatic rings. The molecule has 0 aliphatic heterocycles. The van der Waals surface area contributed by atoms with Crippen molar-refractivity contribution >= 4 is 11.8 Å². The summed E-state index contributed by atoms with van der Waals surface area (Å²) in [6.07, 6.45) is -4.40. The van der Waals surface area contributed by atoms with Gasteiger partial charge in [-0.3, -0.25) is 9.59 Å². The van der Waals surface area contributed by atoms with E-state index in [-0.39, 0.29) is 30.0 Å². The number of ether oxygens (including phenoxy) is 1. The van der Waals surface area contributed by atoms with Crippen LogP contribution in [0.25, 0.3) is 0 Å². The molecule has 0 aliphatic carbocycles. The van der Waals surface area contributed by atoms with Crippen LogP contribution in [0.15, 0.2) is 48.5 Å². The van der Waals surface area contributed by atoms with Gasteiger partial charge in [0.15, 0.2) is 6.61 Å². The van der Waals surface area contributed by atoms with Gasteiger partial charge in [0.1, 0.15) is 11.8 Å². The highest BCUT2D eigenvalue weighted by Gasteiger charge is 2.28. The van der Waals surface area contributed by atoms with Crippen molar-refractivity contribution in [3.05, 3.63) is 65.2 Å².